The molecule has 0 aromatic carbocycles. The summed E-state index contributed by atoms with van der Waals surface area (Å²) in [5, 5.41) is 0. The molecule has 0 bridgehead atoms. The minimum absolute atomic E-state index is 0.830. The van der Waals surface area contributed by atoms with Crippen LogP contribution < -0.4 is 0 Å². The second-order valence-electron chi connectivity index (χ2n) is 1.94. The summed E-state index contributed by atoms with van der Waals surface area (Å²) in [4.78, 5) is 0. The van der Waals surface area contributed by atoms with Crippen molar-refractivity contribution in [2.75, 3.05) is 12.4 Å². The maximum absolute atomic E-state index is 5.10. The highest BCUT2D eigenvalue weighted by Crippen LogP contribution is 2.06. The summed E-state index contributed by atoms with van der Waals surface area (Å²) in [7, 11) is 0. The molecule has 0 aromatic heterocycles. The summed E-state index contributed by atoms with van der Waals surface area (Å²) < 4.78 is 5.10. The Kier molecular flexibility index (Phi) is 8.60. The summed E-state index contributed by atoms with van der Waals surface area (Å²) in [6.07, 6.45) is 3.92. The van der Waals surface area contributed by atoms with Gasteiger partial charge in [-0.3, -0.25) is 0 Å². The van der Waals surface area contributed by atoms with Crippen molar-refractivity contribution in [2.45, 2.75) is 33.1 Å². The van der Waals surface area contributed by atoms with E-state index in [-0.39, 0.29) is 0 Å². The molecule has 0 aliphatic heterocycles. The molecule has 0 rings (SSSR count). The van der Waals surface area contributed by atoms with Gasteiger partial charge >= 0.3 is 0 Å². The van der Waals surface area contributed by atoms with Gasteiger partial charge < -0.3 is 4.18 Å². The molecule has 0 aliphatic carbocycles. The van der Waals surface area contributed by atoms with Crippen molar-refractivity contribution in [3.8, 4) is 0 Å². The van der Waals surface area contributed by atoms with Crippen LogP contribution in [0, 0.1) is 0 Å². The van der Waals surface area contributed by atoms with Crippen molar-refractivity contribution in [3.05, 3.63) is 0 Å². The zero-order valence-electron chi connectivity index (χ0n) is 6.35. The molecule has 0 N–H and O–H groups in total. The molecular weight excluding hydrogens is 132 g/mol. The van der Waals surface area contributed by atoms with Crippen molar-refractivity contribution in [1.82, 2.24) is 0 Å². The average Bonchev–Trinajstić information content (AvgIpc) is 1.89. The van der Waals surface area contributed by atoms with Crippen molar-refractivity contribution in [2.24, 2.45) is 0 Å². The van der Waals surface area contributed by atoms with Gasteiger partial charge in [-0.05, 0) is 25.4 Å². The number of hydrogen-bond donors (Lipinski definition) is 0. The third-order valence-electron chi connectivity index (χ3n) is 1.03. The Labute approximate surface area is 62.4 Å². The Morgan fingerprint density at radius 1 is 1.22 bits per heavy atom. The second kappa shape index (κ2) is 8.31. The lowest BCUT2D eigenvalue weighted by Gasteiger charge is -1.96. The fourth-order valence-electron chi connectivity index (χ4n) is 0.553. The lowest BCUT2D eigenvalue weighted by Crippen LogP contribution is -1.82. The molecule has 0 saturated carbocycles. The number of rotatable bonds is 6. The summed E-state index contributed by atoms with van der Waals surface area (Å²) in [6, 6.07) is 0. The van der Waals surface area contributed by atoms with E-state index < -0.39 is 0 Å². The highest BCUT2D eigenvalue weighted by Gasteiger charge is 1.86. The molecular formula is C7H16OS. The van der Waals surface area contributed by atoms with Crippen LogP contribution in [0.25, 0.3) is 0 Å². The molecule has 0 spiro atoms. The first-order valence-electron chi connectivity index (χ1n) is 3.66. The molecule has 0 heterocycles. The van der Waals surface area contributed by atoms with Gasteiger partial charge in [0.1, 0.15) is 0 Å². The molecule has 0 aromatic rings. The highest BCUT2D eigenvalue weighted by atomic mass is 32.2. The van der Waals surface area contributed by atoms with E-state index in [9.17, 15) is 0 Å². The largest absolute Gasteiger partial charge is 0.316 e. The second-order valence-corrected chi connectivity index (χ2v) is 2.82. The quantitative estimate of drug-likeness (QED) is 0.423. The third kappa shape index (κ3) is 8.31. The zero-order chi connectivity index (χ0) is 6.95. The van der Waals surface area contributed by atoms with Crippen molar-refractivity contribution >= 4 is 12.0 Å². The third-order valence-corrected chi connectivity index (χ3v) is 1.89. The molecule has 0 amide bonds. The van der Waals surface area contributed by atoms with Crippen LogP contribution in [0.5, 0.6) is 0 Å². The number of hydrogen-bond acceptors (Lipinski definition) is 2. The van der Waals surface area contributed by atoms with Crippen LogP contribution >= 0.6 is 12.0 Å². The Morgan fingerprint density at radius 3 is 2.56 bits per heavy atom. The van der Waals surface area contributed by atoms with Crippen LogP contribution in [0.3, 0.4) is 0 Å². The summed E-state index contributed by atoms with van der Waals surface area (Å²) in [5.41, 5.74) is 0. The summed E-state index contributed by atoms with van der Waals surface area (Å²) in [5.74, 6) is 1.15. The first-order valence-corrected chi connectivity index (χ1v) is 4.57. The van der Waals surface area contributed by atoms with E-state index in [1.807, 2.05) is 6.92 Å². The van der Waals surface area contributed by atoms with Gasteiger partial charge in [0.05, 0.1) is 6.61 Å². The molecule has 0 fully saturated rings. The Hall–Kier alpha value is 0.310. The van der Waals surface area contributed by atoms with Crippen LogP contribution in [0.15, 0.2) is 0 Å². The Morgan fingerprint density at radius 2 is 2.00 bits per heavy atom. The van der Waals surface area contributed by atoms with E-state index >= 15 is 0 Å². The van der Waals surface area contributed by atoms with E-state index in [0.717, 1.165) is 12.4 Å². The van der Waals surface area contributed by atoms with Gasteiger partial charge in [0.2, 0.25) is 0 Å². The normalized spacial score (nSPS) is 10.0. The predicted octanol–water partition coefficient (Wildman–Crippen LogP) is 2.86. The molecule has 0 saturated heterocycles. The van der Waals surface area contributed by atoms with Crippen LogP contribution in [0.1, 0.15) is 33.1 Å². The topological polar surface area (TPSA) is 9.23 Å². The molecule has 0 radical (unpaired) electrons. The smallest absolute Gasteiger partial charge is 0.0585 e. The van der Waals surface area contributed by atoms with Gasteiger partial charge in [-0.15, -0.1) is 0 Å². The monoisotopic (exact) mass is 148 g/mol. The SMILES string of the molecule is CCCCCSOCC. The molecule has 9 heavy (non-hydrogen) atoms. The van der Waals surface area contributed by atoms with Gasteiger partial charge in [-0.25, -0.2) is 0 Å². The summed E-state index contributed by atoms with van der Waals surface area (Å²) in [6.45, 7) is 5.06. The van der Waals surface area contributed by atoms with Gasteiger partial charge in [-0.1, -0.05) is 19.8 Å². The minimum Gasteiger partial charge on any atom is -0.316 e. The van der Waals surface area contributed by atoms with Crippen molar-refractivity contribution in [1.29, 1.82) is 0 Å². The molecule has 0 unspecified atom stereocenters. The Balaban J connectivity index is 2.60. The van der Waals surface area contributed by atoms with Crippen molar-refractivity contribution in [3.63, 3.8) is 0 Å². The average molecular weight is 148 g/mol. The van der Waals surface area contributed by atoms with E-state index in [2.05, 4.69) is 6.92 Å². The van der Waals surface area contributed by atoms with E-state index in [1.165, 1.54) is 19.3 Å². The predicted molar refractivity (Wildman–Crippen MR) is 43.6 cm³/mol. The summed E-state index contributed by atoms with van der Waals surface area (Å²) >= 11 is 1.59. The maximum atomic E-state index is 5.10. The highest BCUT2D eigenvalue weighted by molar-refractivity contribution is 7.94. The first-order chi connectivity index (χ1) is 4.41. The van der Waals surface area contributed by atoms with Gasteiger partial charge in [0, 0.05) is 5.75 Å². The van der Waals surface area contributed by atoms with Gasteiger partial charge in [-0.2, -0.15) is 0 Å². The lowest BCUT2D eigenvalue weighted by atomic mass is 10.3. The molecule has 2 heteroatoms. The fourth-order valence-corrected chi connectivity index (χ4v) is 1.16. The zero-order valence-corrected chi connectivity index (χ0v) is 7.17. The lowest BCUT2D eigenvalue weighted by molar-refractivity contribution is 0.401. The van der Waals surface area contributed by atoms with E-state index in [1.54, 1.807) is 12.0 Å². The van der Waals surface area contributed by atoms with Crippen LogP contribution in [0.4, 0.5) is 0 Å². The van der Waals surface area contributed by atoms with Crippen LogP contribution in [0.2, 0.25) is 0 Å². The standard InChI is InChI=1S/C7H16OS/c1-3-5-6-7-9-8-4-2/h3-7H2,1-2H3. The molecule has 0 atom stereocenters. The van der Waals surface area contributed by atoms with Crippen LogP contribution in [-0.4, -0.2) is 12.4 Å². The van der Waals surface area contributed by atoms with Crippen molar-refractivity contribution < 1.29 is 4.18 Å². The van der Waals surface area contributed by atoms with Crippen LogP contribution in [-0.2, 0) is 4.18 Å². The maximum Gasteiger partial charge on any atom is 0.0585 e. The minimum atomic E-state index is 0.830. The van der Waals surface area contributed by atoms with E-state index in [4.69, 9.17) is 4.18 Å². The number of unbranched alkanes of at least 4 members (excludes halogenated alkanes) is 2. The molecule has 56 valence electrons. The molecule has 1 nitrogen and oxygen atoms in total. The van der Waals surface area contributed by atoms with Gasteiger partial charge in [0.25, 0.3) is 0 Å². The molecule has 0 aliphatic rings. The Bertz CT molecular complexity index is 42.2. The van der Waals surface area contributed by atoms with E-state index in [0.29, 0.717) is 0 Å². The first kappa shape index (κ1) is 9.31. The fraction of sp³-hybridized carbons (Fsp3) is 1.00. The van der Waals surface area contributed by atoms with Gasteiger partial charge in [0.15, 0.2) is 0 Å².